The highest BCUT2D eigenvalue weighted by Gasteiger charge is 2.39. The van der Waals surface area contributed by atoms with Crippen LogP contribution in [0.3, 0.4) is 0 Å². The number of carbonyl (C=O) groups is 1. The van der Waals surface area contributed by atoms with E-state index in [1.165, 1.54) is 5.56 Å². The lowest BCUT2D eigenvalue weighted by molar-refractivity contribution is -0.137. The van der Waals surface area contributed by atoms with Gasteiger partial charge in [0.25, 0.3) is 0 Å². The Morgan fingerprint density at radius 2 is 1.89 bits per heavy atom. The van der Waals surface area contributed by atoms with Crippen LogP contribution in [-0.4, -0.2) is 44.7 Å². The van der Waals surface area contributed by atoms with Gasteiger partial charge in [-0.2, -0.15) is 0 Å². The van der Waals surface area contributed by atoms with E-state index in [2.05, 4.69) is 0 Å². The SMILES string of the molecule is O=C(O)CCC/C=C\C[C@H]1C(O)C[C@@H](O)[C@@H]1/C=C/[C@@H](O)CCc1ccccc1. The van der Waals surface area contributed by atoms with Crippen LogP contribution in [0.15, 0.2) is 54.6 Å². The normalized spacial score (nSPS) is 26.2. The Morgan fingerprint density at radius 1 is 1.14 bits per heavy atom. The Hall–Kier alpha value is -1.95. The maximum Gasteiger partial charge on any atom is 0.303 e. The van der Waals surface area contributed by atoms with Crippen LogP contribution in [0.4, 0.5) is 0 Å². The van der Waals surface area contributed by atoms with Gasteiger partial charge in [0.1, 0.15) is 0 Å². The molecule has 4 N–H and O–H groups in total. The average Bonchev–Trinajstić information content (AvgIpc) is 2.94. The molecule has 0 aliphatic heterocycles. The Morgan fingerprint density at radius 3 is 2.61 bits per heavy atom. The van der Waals surface area contributed by atoms with Crippen molar-refractivity contribution in [3.8, 4) is 0 Å². The maximum atomic E-state index is 10.5. The number of benzene rings is 1. The van der Waals surface area contributed by atoms with Gasteiger partial charge in [-0.1, -0.05) is 54.6 Å². The first-order chi connectivity index (χ1) is 13.5. The van der Waals surface area contributed by atoms with Crippen LogP contribution in [-0.2, 0) is 11.2 Å². The summed E-state index contributed by atoms with van der Waals surface area (Å²) < 4.78 is 0. The van der Waals surface area contributed by atoms with Crippen LogP contribution in [0.25, 0.3) is 0 Å². The molecular weight excluding hydrogens is 356 g/mol. The molecule has 5 nitrogen and oxygen atoms in total. The third-order valence-electron chi connectivity index (χ3n) is 5.38. The second-order valence-corrected chi connectivity index (χ2v) is 7.58. The summed E-state index contributed by atoms with van der Waals surface area (Å²) in [6.07, 6.45) is 9.51. The Balaban J connectivity index is 1.82. The van der Waals surface area contributed by atoms with Gasteiger partial charge in [-0.05, 0) is 43.6 Å². The number of hydrogen-bond donors (Lipinski definition) is 4. The van der Waals surface area contributed by atoms with E-state index >= 15 is 0 Å². The maximum absolute atomic E-state index is 10.5. The van der Waals surface area contributed by atoms with Crippen molar-refractivity contribution in [1.82, 2.24) is 0 Å². The van der Waals surface area contributed by atoms with Gasteiger partial charge >= 0.3 is 5.97 Å². The molecule has 0 aromatic heterocycles. The van der Waals surface area contributed by atoms with Crippen LogP contribution in [0.2, 0.25) is 0 Å². The number of unbranched alkanes of at least 4 members (excludes halogenated alkanes) is 1. The van der Waals surface area contributed by atoms with E-state index in [0.29, 0.717) is 32.1 Å². The van der Waals surface area contributed by atoms with Gasteiger partial charge in [-0.15, -0.1) is 0 Å². The smallest absolute Gasteiger partial charge is 0.303 e. The van der Waals surface area contributed by atoms with E-state index in [1.807, 2.05) is 48.6 Å². The lowest BCUT2D eigenvalue weighted by Gasteiger charge is -2.19. The monoisotopic (exact) mass is 388 g/mol. The molecule has 0 saturated heterocycles. The van der Waals surface area contributed by atoms with Gasteiger partial charge in [-0.25, -0.2) is 0 Å². The van der Waals surface area contributed by atoms with Crippen molar-refractivity contribution in [3.05, 3.63) is 60.2 Å². The van der Waals surface area contributed by atoms with E-state index in [1.54, 1.807) is 6.08 Å². The highest BCUT2D eigenvalue weighted by molar-refractivity contribution is 5.66. The van der Waals surface area contributed by atoms with Gasteiger partial charge in [0.2, 0.25) is 0 Å². The van der Waals surface area contributed by atoms with Gasteiger partial charge < -0.3 is 20.4 Å². The van der Waals surface area contributed by atoms with Crippen molar-refractivity contribution in [1.29, 1.82) is 0 Å². The number of allylic oxidation sites excluding steroid dienone is 2. The number of aliphatic hydroxyl groups excluding tert-OH is 3. The van der Waals surface area contributed by atoms with E-state index in [4.69, 9.17) is 5.11 Å². The third kappa shape index (κ3) is 7.58. The van der Waals surface area contributed by atoms with E-state index in [9.17, 15) is 20.1 Å². The summed E-state index contributed by atoms with van der Waals surface area (Å²) in [5.74, 6) is -1.08. The summed E-state index contributed by atoms with van der Waals surface area (Å²) in [6.45, 7) is 0. The molecule has 5 atom stereocenters. The quantitative estimate of drug-likeness (QED) is 0.345. The molecule has 1 aliphatic carbocycles. The number of aliphatic carboxylic acids is 1. The molecule has 0 amide bonds. The first-order valence-corrected chi connectivity index (χ1v) is 10.1. The standard InChI is InChI=1S/C23H32O5/c24-18(13-12-17-8-4-3-5-9-17)14-15-20-19(21(25)16-22(20)26)10-6-1-2-7-11-23(27)28/h1,3-6,8-9,14-15,18-22,24-26H,2,7,10-13,16H2,(H,27,28)/b6-1-,15-14+/t18-,19+,20+,21?,22+/m0/s1. The Kier molecular flexibility index (Phi) is 9.41. The van der Waals surface area contributed by atoms with Gasteiger partial charge in [0.15, 0.2) is 0 Å². The van der Waals surface area contributed by atoms with Crippen LogP contribution in [0.1, 0.15) is 44.1 Å². The molecule has 1 aromatic carbocycles. The van der Waals surface area contributed by atoms with E-state index in [-0.39, 0.29) is 18.3 Å². The lowest BCUT2D eigenvalue weighted by atomic mass is 9.89. The fourth-order valence-corrected chi connectivity index (χ4v) is 3.76. The zero-order valence-electron chi connectivity index (χ0n) is 16.2. The summed E-state index contributed by atoms with van der Waals surface area (Å²) in [6, 6.07) is 9.99. The highest BCUT2D eigenvalue weighted by Crippen LogP contribution is 2.36. The fraction of sp³-hybridized carbons (Fsp3) is 0.522. The number of aliphatic hydroxyl groups is 3. The number of carboxylic acids is 1. The summed E-state index contributed by atoms with van der Waals surface area (Å²) in [5, 5.41) is 39.4. The summed E-state index contributed by atoms with van der Waals surface area (Å²) >= 11 is 0. The Bertz CT molecular complexity index is 640. The van der Waals surface area contributed by atoms with E-state index in [0.717, 1.165) is 6.42 Å². The topological polar surface area (TPSA) is 98.0 Å². The first kappa shape index (κ1) is 22.3. The predicted octanol–water partition coefficient (Wildman–Crippen LogP) is 3.10. The molecule has 2 rings (SSSR count). The molecule has 1 fully saturated rings. The molecule has 1 aliphatic rings. The van der Waals surface area contributed by atoms with E-state index < -0.39 is 24.3 Å². The van der Waals surface area contributed by atoms with Crippen molar-refractivity contribution in [2.24, 2.45) is 11.8 Å². The Labute approximate surface area is 167 Å². The first-order valence-electron chi connectivity index (χ1n) is 10.1. The molecule has 5 heteroatoms. The molecule has 154 valence electrons. The average molecular weight is 389 g/mol. The molecule has 0 spiro atoms. The minimum Gasteiger partial charge on any atom is -0.481 e. The van der Waals surface area contributed by atoms with Crippen molar-refractivity contribution in [2.75, 3.05) is 0 Å². The van der Waals surface area contributed by atoms with Gasteiger partial charge in [-0.3, -0.25) is 4.79 Å². The molecular formula is C23H32O5. The summed E-state index contributed by atoms with van der Waals surface area (Å²) in [5.41, 5.74) is 1.18. The molecule has 0 radical (unpaired) electrons. The highest BCUT2D eigenvalue weighted by atomic mass is 16.4. The zero-order valence-corrected chi connectivity index (χ0v) is 16.2. The number of carboxylic acid groups (broad SMARTS) is 1. The minimum atomic E-state index is -0.793. The van der Waals surface area contributed by atoms with Crippen molar-refractivity contribution in [2.45, 2.75) is 63.3 Å². The second kappa shape index (κ2) is 11.8. The van der Waals surface area contributed by atoms with Gasteiger partial charge in [0.05, 0.1) is 18.3 Å². The zero-order chi connectivity index (χ0) is 20.4. The minimum absolute atomic E-state index is 0.0942. The molecule has 0 bridgehead atoms. The number of rotatable bonds is 11. The van der Waals surface area contributed by atoms with Crippen molar-refractivity contribution in [3.63, 3.8) is 0 Å². The number of hydrogen-bond acceptors (Lipinski definition) is 4. The third-order valence-corrected chi connectivity index (χ3v) is 5.38. The van der Waals surface area contributed by atoms with Crippen molar-refractivity contribution >= 4 is 5.97 Å². The molecule has 28 heavy (non-hydrogen) atoms. The predicted molar refractivity (Wildman–Crippen MR) is 109 cm³/mol. The molecule has 1 saturated carbocycles. The summed E-state index contributed by atoms with van der Waals surface area (Å²) in [7, 11) is 0. The molecule has 0 heterocycles. The van der Waals surface area contributed by atoms with Gasteiger partial charge in [0, 0.05) is 18.8 Å². The van der Waals surface area contributed by atoms with Crippen LogP contribution in [0.5, 0.6) is 0 Å². The lowest BCUT2D eigenvalue weighted by Crippen LogP contribution is -2.20. The molecule has 1 unspecified atom stereocenters. The van der Waals surface area contributed by atoms with Crippen LogP contribution >= 0.6 is 0 Å². The fourth-order valence-electron chi connectivity index (χ4n) is 3.76. The van der Waals surface area contributed by atoms with Crippen LogP contribution < -0.4 is 0 Å². The second-order valence-electron chi connectivity index (χ2n) is 7.58. The van der Waals surface area contributed by atoms with Crippen molar-refractivity contribution < 1.29 is 25.2 Å². The summed E-state index contributed by atoms with van der Waals surface area (Å²) in [4.78, 5) is 10.5. The number of aryl methyl sites for hydroxylation is 1. The molecule has 1 aromatic rings. The largest absolute Gasteiger partial charge is 0.481 e. The van der Waals surface area contributed by atoms with Crippen LogP contribution in [0, 0.1) is 11.8 Å².